The quantitative estimate of drug-likeness (QED) is 0.810. The highest BCUT2D eigenvalue weighted by Crippen LogP contribution is 2.43. The number of likely N-dealkylation sites (tertiary alicyclic amines) is 1. The average Bonchev–Trinajstić information content (AvgIpc) is 2.70. The number of nitrogens with zero attached hydrogens (tertiary/aromatic N) is 1. The Morgan fingerprint density at radius 3 is 2.57 bits per heavy atom. The summed E-state index contributed by atoms with van der Waals surface area (Å²) in [7, 11) is 0. The predicted octanol–water partition coefficient (Wildman–Crippen LogP) is 4.37. The van der Waals surface area contributed by atoms with Crippen molar-refractivity contribution in [2.24, 2.45) is 0 Å². The van der Waals surface area contributed by atoms with Gasteiger partial charge in [0.15, 0.2) is 0 Å². The van der Waals surface area contributed by atoms with Gasteiger partial charge in [-0.2, -0.15) is 0 Å². The van der Waals surface area contributed by atoms with Crippen molar-refractivity contribution in [1.29, 1.82) is 0 Å². The molecule has 2 atom stereocenters. The van der Waals surface area contributed by atoms with E-state index in [0.29, 0.717) is 44.3 Å². The zero-order valence-electron chi connectivity index (χ0n) is 15.5. The van der Waals surface area contributed by atoms with Gasteiger partial charge in [-0.1, -0.05) is 41.9 Å². The molecule has 2 aliphatic heterocycles. The third-order valence-corrected chi connectivity index (χ3v) is 6.09. The van der Waals surface area contributed by atoms with Crippen molar-refractivity contribution in [2.75, 3.05) is 13.1 Å². The van der Waals surface area contributed by atoms with Crippen LogP contribution < -0.4 is 0 Å². The van der Waals surface area contributed by atoms with Crippen molar-refractivity contribution in [3.63, 3.8) is 0 Å². The lowest BCUT2D eigenvalue weighted by Gasteiger charge is -2.48. The van der Waals surface area contributed by atoms with Crippen molar-refractivity contribution >= 4 is 17.5 Å². The molecule has 1 spiro atoms. The maximum atomic E-state index is 13.7. The Morgan fingerprint density at radius 1 is 1.18 bits per heavy atom. The van der Waals surface area contributed by atoms with E-state index in [1.165, 1.54) is 12.1 Å². The van der Waals surface area contributed by atoms with Gasteiger partial charge in [0.25, 0.3) is 5.91 Å². The van der Waals surface area contributed by atoms with E-state index in [0.717, 1.165) is 5.56 Å². The van der Waals surface area contributed by atoms with E-state index in [9.17, 15) is 14.3 Å². The highest BCUT2D eigenvalue weighted by Gasteiger charge is 2.44. The summed E-state index contributed by atoms with van der Waals surface area (Å²) in [6.45, 7) is 1.02. The summed E-state index contributed by atoms with van der Waals surface area (Å²) in [5.41, 5.74) is 0.931. The molecule has 148 valence electrons. The van der Waals surface area contributed by atoms with Crippen LogP contribution in [0.2, 0.25) is 5.02 Å². The predicted molar refractivity (Wildman–Crippen MR) is 105 cm³/mol. The third kappa shape index (κ3) is 3.93. The molecule has 2 aromatic carbocycles. The summed E-state index contributed by atoms with van der Waals surface area (Å²) in [4.78, 5) is 14.4. The Balaban J connectivity index is 1.45. The monoisotopic (exact) mass is 403 g/mol. The molecule has 1 amide bonds. The number of carbonyl (C=O) groups excluding carboxylic acids is 1. The molecule has 0 radical (unpaired) electrons. The Morgan fingerprint density at radius 2 is 1.89 bits per heavy atom. The van der Waals surface area contributed by atoms with Gasteiger partial charge in [-0.05, 0) is 36.6 Å². The molecular formula is C22H23ClFNO3. The first-order valence-corrected chi connectivity index (χ1v) is 9.99. The summed E-state index contributed by atoms with van der Waals surface area (Å²) < 4.78 is 20.2. The molecule has 2 fully saturated rings. The van der Waals surface area contributed by atoms with Gasteiger partial charge in [0.05, 0.1) is 22.8 Å². The molecule has 0 unspecified atom stereocenters. The molecule has 0 saturated carbocycles. The Kier molecular flexibility index (Phi) is 5.41. The standard InChI is InChI=1S/C22H23ClFNO3/c23-18-7-6-16(12-19(18)24)21(27)25-10-8-22(9-11-25)14-17(26)13-20(28-22)15-4-2-1-3-5-15/h1-7,12,17,20,26H,8-11,13-14H2/t17-,20-/m1/s1. The fourth-order valence-corrected chi connectivity index (χ4v) is 4.40. The average molecular weight is 404 g/mol. The largest absolute Gasteiger partial charge is 0.393 e. The van der Waals surface area contributed by atoms with Crippen LogP contribution in [-0.2, 0) is 4.74 Å². The first kappa shape index (κ1) is 19.4. The Labute approximate surface area is 168 Å². The molecule has 0 aliphatic carbocycles. The molecule has 4 rings (SSSR count). The van der Waals surface area contributed by atoms with E-state index in [2.05, 4.69) is 0 Å². The number of hydrogen-bond donors (Lipinski definition) is 1. The molecule has 6 heteroatoms. The van der Waals surface area contributed by atoms with Crippen LogP contribution >= 0.6 is 11.6 Å². The van der Waals surface area contributed by atoms with Crippen LogP contribution in [0.3, 0.4) is 0 Å². The number of benzene rings is 2. The minimum Gasteiger partial charge on any atom is -0.393 e. The first-order chi connectivity index (χ1) is 13.5. The van der Waals surface area contributed by atoms with Crippen LogP contribution in [-0.4, -0.2) is 40.7 Å². The molecule has 1 N–H and O–H groups in total. The number of hydrogen-bond acceptors (Lipinski definition) is 3. The Hall–Kier alpha value is -1.95. The summed E-state index contributed by atoms with van der Waals surface area (Å²) in [5, 5.41) is 10.5. The van der Waals surface area contributed by atoms with Gasteiger partial charge in [0.2, 0.25) is 0 Å². The molecule has 0 aromatic heterocycles. The van der Waals surface area contributed by atoms with Gasteiger partial charge in [0.1, 0.15) is 5.82 Å². The summed E-state index contributed by atoms with van der Waals surface area (Å²) in [5.74, 6) is -0.799. The number of carbonyl (C=O) groups is 1. The first-order valence-electron chi connectivity index (χ1n) is 9.61. The lowest BCUT2D eigenvalue weighted by atomic mass is 9.81. The molecular weight excluding hydrogens is 381 g/mol. The molecule has 2 aromatic rings. The third-order valence-electron chi connectivity index (χ3n) is 5.79. The van der Waals surface area contributed by atoms with Gasteiger partial charge < -0.3 is 14.7 Å². The topological polar surface area (TPSA) is 49.8 Å². The maximum Gasteiger partial charge on any atom is 0.253 e. The van der Waals surface area contributed by atoms with Crippen LogP contribution in [0.25, 0.3) is 0 Å². The SMILES string of the molecule is O=C(c1ccc(Cl)c(F)c1)N1CCC2(CC1)C[C@H](O)C[C@H](c1ccccc1)O2. The number of amides is 1. The van der Waals surface area contributed by atoms with E-state index in [1.807, 2.05) is 30.3 Å². The van der Waals surface area contributed by atoms with Crippen molar-refractivity contribution in [3.8, 4) is 0 Å². The Bertz CT molecular complexity index is 852. The van der Waals surface area contributed by atoms with E-state index in [4.69, 9.17) is 16.3 Å². The highest BCUT2D eigenvalue weighted by molar-refractivity contribution is 6.30. The van der Waals surface area contributed by atoms with Gasteiger partial charge >= 0.3 is 0 Å². The van der Waals surface area contributed by atoms with Crippen molar-refractivity contribution in [1.82, 2.24) is 4.90 Å². The van der Waals surface area contributed by atoms with E-state index in [1.54, 1.807) is 11.0 Å². The summed E-state index contributed by atoms with van der Waals surface area (Å²) in [6.07, 6.45) is 1.89. The molecule has 28 heavy (non-hydrogen) atoms. The number of rotatable bonds is 2. The van der Waals surface area contributed by atoms with Crippen molar-refractivity contribution in [2.45, 2.75) is 43.5 Å². The second-order valence-corrected chi connectivity index (χ2v) is 8.12. The summed E-state index contributed by atoms with van der Waals surface area (Å²) in [6, 6.07) is 14.1. The number of aliphatic hydroxyl groups excluding tert-OH is 1. The minimum absolute atomic E-state index is 0.00527. The van der Waals surface area contributed by atoms with Gasteiger partial charge in [-0.25, -0.2) is 4.39 Å². The van der Waals surface area contributed by atoms with Crippen LogP contribution in [0.5, 0.6) is 0 Å². The molecule has 4 nitrogen and oxygen atoms in total. The fraction of sp³-hybridized carbons (Fsp3) is 0.409. The minimum atomic E-state index is -0.592. The zero-order chi connectivity index (χ0) is 19.7. The van der Waals surface area contributed by atoms with Gasteiger partial charge in [-0.3, -0.25) is 4.79 Å². The highest BCUT2D eigenvalue weighted by atomic mass is 35.5. The van der Waals surface area contributed by atoms with Crippen molar-refractivity contribution < 1.29 is 19.0 Å². The van der Waals surface area contributed by atoms with Gasteiger partial charge in [-0.15, -0.1) is 0 Å². The summed E-state index contributed by atoms with van der Waals surface area (Å²) >= 11 is 5.71. The van der Waals surface area contributed by atoms with Gasteiger partial charge in [0, 0.05) is 31.5 Å². The van der Waals surface area contributed by atoms with E-state index in [-0.39, 0.29) is 17.0 Å². The molecule has 2 saturated heterocycles. The zero-order valence-corrected chi connectivity index (χ0v) is 16.2. The fourth-order valence-electron chi connectivity index (χ4n) is 4.28. The number of piperidine rings is 1. The van der Waals surface area contributed by atoms with Crippen LogP contribution in [0.15, 0.2) is 48.5 Å². The smallest absolute Gasteiger partial charge is 0.253 e. The van der Waals surface area contributed by atoms with Crippen LogP contribution in [0, 0.1) is 5.82 Å². The van der Waals surface area contributed by atoms with Crippen LogP contribution in [0.1, 0.15) is 47.7 Å². The number of aliphatic hydroxyl groups is 1. The van der Waals surface area contributed by atoms with Crippen molar-refractivity contribution in [3.05, 3.63) is 70.5 Å². The normalized spacial score (nSPS) is 24.3. The number of ether oxygens (including phenoxy) is 1. The second kappa shape index (κ2) is 7.82. The molecule has 2 heterocycles. The lowest BCUT2D eigenvalue weighted by molar-refractivity contribution is -0.181. The molecule has 0 bridgehead atoms. The van der Waals surface area contributed by atoms with Crippen LogP contribution in [0.4, 0.5) is 4.39 Å². The lowest BCUT2D eigenvalue weighted by Crippen LogP contribution is -2.52. The van der Waals surface area contributed by atoms with E-state index < -0.39 is 17.5 Å². The number of halogens is 2. The van der Waals surface area contributed by atoms with E-state index >= 15 is 0 Å². The molecule has 2 aliphatic rings. The second-order valence-electron chi connectivity index (χ2n) is 7.71. The maximum absolute atomic E-state index is 13.7.